The number of carbonyl (C=O) groups excluding carboxylic acids is 2. The summed E-state index contributed by atoms with van der Waals surface area (Å²) in [5.74, 6) is 0.139. The number of anilines is 1. The van der Waals surface area contributed by atoms with Crippen LogP contribution < -0.4 is 5.32 Å². The molecule has 1 aliphatic rings. The highest BCUT2D eigenvalue weighted by molar-refractivity contribution is 5.97. The Kier molecular flexibility index (Phi) is 5.31. The Hall–Kier alpha value is -3.55. The van der Waals surface area contributed by atoms with E-state index >= 15 is 0 Å². The molecule has 0 spiro atoms. The SMILES string of the molecule is Cc1ccc(CN2CC(C(=O)Nc3ccc(C)c(-n4nnnc4C)c3)CC2=O)cc1. The van der Waals surface area contributed by atoms with E-state index in [1.807, 2.05) is 63.2 Å². The second-order valence-electron chi connectivity index (χ2n) is 7.79. The molecule has 2 aromatic carbocycles. The standard InChI is InChI=1S/C22H24N6O2/c1-14-4-7-17(8-5-14)12-27-13-18(10-21(27)29)22(30)23-19-9-6-15(2)20(11-19)28-16(3)24-25-26-28/h4-9,11,18H,10,12-13H2,1-3H3,(H,23,30). The lowest BCUT2D eigenvalue weighted by Crippen LogP contribution is -2.28. The zero-order valence-corrected chi connectivity index (χ0v) is 17.3. The molecule has 8 nitrogen and oxygen atoms in total. The van der Waals surface area contributed by atoms with Crippen LogP contribution in [0.25, 0.3) is 5.69 Å². The molecule has 154 valence electrons. The summed E-state index contributed by atoms with van der Waals surface area (Å²) >= 11 is 0. The number of carbonyl (C=O) groups is 2. The zero-order valence-electron chi connectivity index (χ0n) is 17.3. The second kappa shape index (κ2) is 8.06. The van der Waals surface area contributed by atoms with E-state index in [4.69, 9.17) is 0 Å². The summed E-state index contributed by atoms with van der Waals surface area (Å²) in [7, 11) is 0. The van der Waals surface area contributed by atoms with Crippen molar-refractivity contribution in [2.45, 2.75) is 33.7 Å². The van der Waals surface area contributed by atoms with Crippen LogP contribution in [-0.2, 0) is 16.1 Å². The summed E-state index contributed by atoms with van der Waals surface area (Å²) in [6.07, 6.45) is 0.225. The van der Waals surface area contributed by atoms with Crippen molar-refractivity contribution in [3.05, 3.63) is 65.0 Å². The van der Waals surface area contributed by atoms with Gasteiger partial charge in [-0.25, -0.2) is 0 Å². The van der Waals surface area contributed by atoms with Crippen LogP contribution in [0.1, 0.15) is 28.9 Å². The summed E-state index contributed by atoms with van der Waals surface area (Å²) in [6.45, 7) is 6.75. The number of hydrogen-bond donors (Lipinski definition) is 1. The van der Waals surface area contributed by atoms with Gasteiger partial charge in [0.2, 0.25) is 11.8 Å². The fraction of sp³-hybridized carbons (Fsp3) is 0.318. The quantitative estimate of drug-likeness (QED) is 0.706. The summed E-state index contributed by atoms with van der Waals surface area (Å²) in [6, 6.07) is 13.7. The van der Waals surface area contributed by atoms with Crippen LogP contribution in [0.2, 0.25) is 0 Å². The lowest BCUT2D eigenvalue weighted by molar-refractivity contribution is -0.128. The highest BCUT2D eigenvalue weighted by Gasteiger charge is 2.34. The van der Waals surface area contributed by atoms with E-state index in [0.29, 0.717) is 24.6 Å². The molecule has 1 atom stereocenters. The molecule has 1 aliphatic heterocycles. The maximum absolute atomic E-state index is 12.8. The minimum Gasteiger partial charge on any atom is -0.338 e. The molecule has 0 saturated carbocycles. The minimum absolute atomic E-state index is 0.00429. The van der Waals surface area contributed by atoms with Crippen LogP contribution >= 0.6 is 0 Å². The number of hydrogen-bond acceptors (Lipinski definition) is 5. The third kappa shape index (κ3) is 4.07. The van der Waals surface area contributed by atoms with Gasteiger partial charge in [-0.05, 0) is 54.5 Å². The third-order valence-electron chi connectivity index (χ3n) is 5.41. The van der Waals surface area contributed by atoms with Crippen LogP contribution in [0.15, 0.2) is 42.5 Å². The van der Waals surface area contributed by atoms with Crippen molar-refractivity contribution < 1.29 is 9.59 Å². The summed E-state index contributed by atoms with van der Waals surface area (Å²) in [4.78, 5) is 27.0. The molecule has 3 aromatic rings. The first kappa shape index (κ1) is 19.8. The zero-order chi connectivity index (χ0) is 21.3. The molecule has 2 amide bonds. The van der Waals surface area contributed by atoms with Crippen molar-refractivity contribution in [3.8, 4) is 5.69 Å². The van der Waals surface area contributed by atoms with Crippen molar-refractivity contribution in [2.75, 3.05) is 11.9 Å². The average Bonchev–Trinajstić information content (AvgIpc) is 3.31. The molecule has 0 aliphatic carbocycles. The fourth-order valence-corrected chi connectivity index (χ4v) is 3.63. The Labute approximate surface area is 174 Å². The van der Waals surface area contributed by atoms with Gasteiger partial charge in [0, 0.05) is 25.2 Å². The molecule has 8 heteroatoms. The van der Waals surface area contributed by atoms with Gasteiger partial charge >= 0.3 is 0 Å². The first-order valence-corrected chi connectivity index (χ1v) is 9.91. The molecule has 0 bridgehead atoms. The van der Waals surface area contributed by atoms with Gasteiger partial charge in [0.1, 0.15) is 0 Å². The van der Waals surface area contributed by atoms with E-state index < -0.39 is 0 Å². The summed E-state index contributed by atoms with van der Waals surface area (Å²) in [5, 5.41) is 14.5. The Balaban J connectivity index is 1.44. The Morgan fingerprint density at radius 2 is 1.90 bits per heavy atom. The van der Waals surface area contributed by atoms with Crippen molar-refractivity contribution in [1.29, 1.82) is 0 Å². The highest BCUT2D eigenvalue weighted by Crippen LogP contribution is 2.24. The Morgan fingerprint density at radius 3 is 2.60 bits per heavy atom. The first-order valence-electron chi connectivity index (χ1n) is 9.91. The molecular formula is C22H24N6O2. The number of aromatic nitrogens is 4. The van der Waals surface area contributed by atoms with Crippen LogP contribution in [0.5, 0.6) is 0 Å². The van der Waals surface area contributed by atoms with E-state index in [1.165, 1.54) is 5.56 Å². The number of tetrazole rings is 1. The van der Waals surface area contributed by atoms with Crippen LogP contribution in [-0.4, -0.2) is 43.5 Å². The molecule has 1 fully saturated rings. The van der Waals surface area contributed by atoms with Gasteiger partial charge in [-0.1, -0.05) is 35.9 Å². The van der Waals surface area contributed by atoms with Crippen LogP contribution in [0.4, 0.5) is 5.69 Å². The van der Waals surface area contributed by atoms with Gasteiger partial charge in [0.15, 0.2) is 5.82 Å². The molecule has 1 aromatic heterocycles. The van der Waals surface area contributed by atoms with E-state index in [-0.39, 0.29) is 24.2 Å². The number of aryl methyl sites for hydroxylation is 3. The van der Waals surface area contributed by atoms with Crippen LogP contribution in [0, 0.1) is 26.7 Å². The lowest BCUT2D eigenvalue weighted by Gasteiger charge is -2.17. The van der Waals surface area contributed by atoms with Crippen molar-refractivity contribution in [3.63, 3.8) is 0 Å². The van der Waals surface area contributed by atoms with Crippen LogP contribution in [0.3, 0.4) is 0 Å². The first-order chi connectivity index (χ1) is 14.4. The lowest BCUT2D eigenvalue weighted by atomic mass is 10.1. The third-order valence-corrected chi connectivity index (χ3v) is 5.41. The molecule has 2 heterocycles. The maximum Gasteiger partial charge on any atom is 0.229 e. The van der Waals surface area contributed by atoms with Gasteiger partial charge in [-0.15, -0.1) is 5.10 Å². The predicted molar refractivity (Wildman–Crippen MR) is 112 cm³/mol. The molecular weight excluding hydrogens is 380 g/mol. The topological polar surface area (TPSA) is 93.0 Å². The van der Waals surface area contributed by atoms with Crippen molar-refractivity contribution in [2.24, 2.45) is 5.92 Å². The Bertz CT molecular complexity index is 1090. The van der Waals surface area contributed by atoms with Gasteiger partial charge in [0.25, 0.3) is 0 Å². The normalized spacial score (nSPS) is 16.2. The fourth-order valence-electron chi connectivity index (χ4n) is 3.63. The number of nitrogens with one attached hydrogen (secondary N) is 1. The predicted octanol–water partition coefficient (Wildman–Crippen LogP) is 2.57. The van der Waals surface area contributed by atoms with Gasteiger partial charge in [-0.2, -0.15) is 4.68 Å². The number of likely N-dealkylation sites (tertiary alicyclic amines) is 1. The molecule has 0 radical (unpaired) electrons. The highest BCUT2D eigenvalue weighted by atomic mass is 16.2. The summed E-state index contributed by atoms with van der Waals surface area (Å²) in [5.41, 5.74) is 4.69. The molecule has 30 heavy (non-hydrogen) atoms. The summed E-state index contributed by atoms with van der Waals surface area (Å²) < 4.78 is 1.63. The molecule has 4 rings (SSSR count). The molecule has 1 unspecified atom stereocenters. The van der Waals surface area contributed by atoms with Crippen molar-refractivity contribution >= 4 is 17.5 Å². The van der Waals surface area contributed by atoms with Gasteiger partial charge in [0.05, 0.1) is 11.6 Å². The smallest absolute Gasteiger partial charge is 0.229 e. The van der Waals surface area contributed by atoms with E-state index in [2.05, 4.69) is 20.8 Å². The van der Waals surface area contributed by atoms with Gasteiger partial charge in [-0.3, -0.25) is 9.59 Å². The number of benzene rings is 2. The number of nitrogens with zero attached hydrogens (tertiary/aromatic N) is 5. The average molecular weight is 404 g/mol. The van der Waals surface area contributed by atoms with Gasteiger partial charge < -0.3 is 10.2 Å². The number of rotatable bonds is 5. The Morgan fingerprint density at radius 1 is 1.13 bits per heavy atom. The molecule has 1 N–H and O–H groups in total. The van der Waals surface area contributed by atoms with E-state index in [0.717, 1.165) is 16.8 Å². The number of amides is 2. The molecule has 1 saturated heterocycles. The minimum atomic E-state index is -0.373. The van der Waals surface area contributed by atoms with Crippen molar-refractivity contribution in [1.82, 2.24) is 25.1 Å². The van der Waals surface area contributed by atoms with E-state index in [9.17, 15) is 9.59 Å². The monoisotopic (exact) mass is 404 g/mol. The maximum atomic E-state index is 12.8. The van der Waals surface area contributed by atoms with E-state index in [1.54, 1.807) is 9.58 Å². The second-order valence-corrected chi connectivity index (χ2v) is 7.79. The largest absolute Gasteiger partial charge is 0.338 e.